The van der Waals surface area contributed by atoms with E-state index in [4.69, 9.17) is 23.7 Å². The number of aliphatic carboxylic acids is 1. The van der Waals surface area contributed by atoms with Crippen LogP contribution in [0.4, 0.5) is 4.79 Å². The van der Waals surface area contributed by atoms with Gasteiger partial charge in [0, 0.05) is 0 Å². The summed E-state index contributed by atoms with van der Waals surface area (Å²) in [5.74, 6) is -1.01. The summed E-state index contributed by atoms with van der Waals surface area (Å²) < 4.78 is 27.7. The Kier molecular flexibility index (Phi) is 9.30. The van der Waals surface area contributed by atoms with Crippen molar-refractivity contribution in [2.24, 2.45) is 0 Å². The second-order valence-corrected chi connectivity index (χ2v) is 9.14. The van der Waals surface area contributed by atoms with Gasteiger partial charge in [-0.25, -0.2) is 9.59 Å². The Labute approximate surface area is 189 Å². The maximum atomic E-state index is 11.8. The van der Waals surface area contributed by atoms with Crippen molar-refractivity contribution in [3.63, 3.8) is 0 Å². The Morgan fingerprint density at radius 2 is 2.06 bits per heavy atom. The van der Waals surface area contributed by atoms with E-state index in [1.807, 2.05) is 38.1 Å². The number of amides is 1. The molecule has 2 N–H and O–H groups in total. The van der Waals surface area contributed by atoms with Gasteiger partial charge in [0.05, 0.1) is 32.5 Å². The fourth-order valence-electron chi connectivity index (χ4n) is 3.05. The topological polar surface area (TPSA) is 113 Å². The number of carbonyl (C=O) groups is 2. The minimum atomic E-state index is -1.21. The van der Waals surface area contributed by atoms with E-state index in [2.05, 4.69) is 5.32 Å². The van der Waals surface area contributed by atoms with E-state index < -0.39 is 29.5 Å². The molecule has 1 amide bonds. The summed E-state index contributed by atoms with van der Waals surface area (Å²) >= 11 is 0. The number of carbonyl (C=O) groups excluding carboxylic acids is 1. The molecule has 1 aliphatic heterocycles. The summed E-state index contributed by atoms with van der Waals surface area (Å²) in [6.45, 7) is 10.0. The van der Waals surface area contributed by atoms with E-state index in [0.717, 1.165) is 18.4 Å². The van der Waals surface area contributed by atoms with Crippen LogP contribution in [0.1, 0.15) is 53.0 Å². The number of carboxylic acid groups (broad SMARTS) is 1. The molecule has 0 saturated carbocycles. The van der Waals surface area contributed by atoms with Crippen molar-refractivity contribution < 1.29 is 38.4 Å². The molecular formula is C23H35NO8. The Balaban J connectivity index is 1.72. The first kappa shape index (κ1) is 25.9. The Bertz CT molecular complexity index is 759. The molecule has 1 saturated heterocycles. The van der Waals surface area contributed by atoms with Crippen LogP contribution >= 0.6 is 0 Å². The van der Waals surface area contributed by atoms with E-state index in [9.17, 15) is 14.7 Å². The first-order valence-electron chi connectivity index (χ1n) is 10.8. The lowest BCUT2D eigenvalue weighted by Crippen LogP contribution is -2.46. The number of alkyl carbamates (subject to hydrolysis) is 1. The first-order chi connectivity index (χ1) is 14.9. The molecule has 0 spiro atoms. The van der Waals surface area contributed by atoms with Crippen LogP contribution in [0.15, 0.2) is 24.3 Å². The third-order valence-corrected chi connectivity index (χ3v) is 4.45. The van der Waals surface area contributed by atoms with Gasteiger partial charge in [0.2, 0.25) is 0 Å². The smallest absolute Gasteiger partial charge is 0.408 e. The third kappa shape index (κ3) is 9.84. The van der Waals surface area contributed by atoms with Crippen molar-refractivity contribution in [2.75, 3.05) is 19.8 Å². The van der Waals surface area contributed by atoms with Crippen molar-refractivity contribution in [1.82, 2.24) is 5.32 Å². The highest BCUT2D eigenvalue weighted by Crippen LogP contribution is 2.25. The highest BCUT2D eigenvalue weighted by molar-refractivity contribution is 5.80. The maximum Gasteiger partial charge on any atom is 0.408 e. The fraction of sp³-hybridized carbons (Fsp3) is 0.652. The summed E-state index contributed by atoms with van der Waals surface area (Å²) in [6, 6.07) is 6.19. The fourth-order valence-corrected chi connectivity index (χ4v) is 3.05. The van der Waals surface area contributed by atoms with E-state index in [0.29, 0.717) is 19.0 Å². The monoisotopic (exact) mass is 453 g/mol. The Morgan fingerprint density at radius 3 is 2.69 bits per heavy atom. The van der Waals surface area contributed by atoms with Gasteiger partial charge in [-0.05, 0) is 65.2 Å². The van der Waals surface area contributed by atoms with Gasteiger partial charge in [-0.1, -0.05) is 12.1 Å². The Morgan fingerprint density at radius 1 is 1.31 bits per heavy atom. The second-order valence-electron chi connectivity index (χ2n) is 9.14. The van der Waals surface area contributed by atoms with Gasteiger partial charge in [-0.3, -0.25) is 0 Å². The first-order valence-corrected chi connectivity index (χ1v) is 10.8. The van der Waals surface area contributed by atoms with E-state index in [-0.39, 0.29) is 19.3 Å². The molecule has 2 rings (SSSR count). The molecule has 1 aromatic carbocycles. The van der Waals surface area contributed by atoms with Crippen molar-refractivity contribution in [2.45, 2.75) is 77.6 Å². The highest BCUT2D eigenvalue weighted by atomic mass is 16.7. The van der Waals surface area contributed by atoms with E-state index in [1.54, 1.807) is 20.8 Å². The van der Waals surface area contributed by atoms with Crippen LogP contribution in [0.25, 0.3) is 0 Å². The molecule has 1 aliphatic rings. The molecule has 1 unspecified atom stereocenters. The quantitative estimate of drug-likeness (QED) is 0.490. The number of hydrogen-bond acceptors (Lipinski definition) is 7. The normalized spacial score (nSPS) is 18.7. The molecule has 0 radical (unpaired) electrons. The van der Waals surface area contributed by atoms with E-state index >= 15 is 0 Å². The maximum absolute atomic E-state index is 11.8. The third-order valence-electron chi connectivity index (χ3n) is 4.45. The minimum Gasteiger partial charge on any atom is -0.494 e. The van der Waals surface area contributed by atoms with Crippen LogP contribution in [0.5, 0.6) is 5.75 Å². The summed E-state index contributed by atoms with van der Waals surface area (Å²) in [5, 5.41) is 11.6. The highest BCUT2D eigenvalue weighted by Gasteiger charge is 2.32. The standard InChI is InChI=1S/C23H35NO8/c1-22(2,3)32-21(27)24-19(20(25)26)15-28-13-16-8-6-9-17(12-16)29-11-7-10-18-14-30-23(4,5)31-18/h6,8-9,12,18-19H,7,10-11,13-15H2,1-5H3,(H,24,27)(H,25,26)/t18?,19-/m0/s1. The number of ether oxygens (including phenoxy) is 5. The van der Waals surface area contributed by atoms with Crippen molar-refractivity contribution in [3.05, 3.63) is 29.8 Å². The zero-order chi connectivity index (χ0) is 23.8. The molecule has 32 heavy (non-hydrogen) atoms. The van der Waals surface area contributed by atoms with Gasteiger partial charge in [0.15, 0.2) is 11.8 Å². The number of nitrogens with one attached hydrogen (secondary N) is 1. The minimum absolute atomic E-state index is 0.0878. The van der Waals surface area contributed by atoms with Gasteiger partial charge in [0.25, 0.3) is 0 Å². The number of rotatable bonds is 11. The molecule has 0 aliphatic carbocycles. The number of carboxylic acids is 1. The zero-order valence-corrected chi connectivity index (χ0v) is 19.5. The molecular weight excluding hydrogens is 418 g/mol. The lowest BCUT2D eigenvalue weighted by molar-refractivity contribution is -0.141. The van der Waals surface area contributed by atoms with E-state index in [1.165, 1.54) is 0 Å². The van der Waals surface area contributed by atoms with Crippen LogP contribution in [0.3, 0.4) is 0 Å². The van der Waals surface area contributed by atoms with Crippen molar-refractivity contribution in [3.8, 4) is 5.75 Å². The Hall–Kier alpha value is -2.36. The van der Waals surface area contributed by atoms with Crippen molar-refractivity contribution in [1.29, 1.82) is 0 Å². The average Bonchev–Trinajstić information content (AvgIpc) is 3.02. The molecule has 0 aromatic heterocycles. The van der Waals surface area contributed by atoms with Crippen LogP contribution in [0, 0.1) is 0 Å². The summed E-state index contributed by atoms with van der Waals surface area (Å²) in [6.07, 6.45) is 0.974. The average molecular weight is 454 g/mol. The zero-order valence-electron chi connectivity index (χ0n) is 19.5. The molecule has 180 valence electrons. The summed E-state index contributed by atoms with van der Waals surface area (Å²) in [7, 11) is 0. The largest absolute Gasteiger partial charge is 0.494 e. The predicted molar refractivity (Wildman–Crippen MR) is 117 cm³/mol. The second kappa shape index (κ2) is 11.5. The molecule has 0 bridgehead atoms. The summed E-state index contributed by atoms with van der Waals surface area (Å²) in [4.78, 5) is 23.2. The van der Waals surface area contributed by atoms with Gasteiger partial charge in [-0.15, -0.1) is 0 Å². The van der Waals surface area contributed by atoms with Gasteiger partial charge < -0.3 is 34.1 Å². The number of hydrogen-bond donors (Lipinski definition) is 2. The molecule has 9 heteroatoms. The molecule has 2 atom stereocenters. The van der Waals surface area contributed by atoms with Crippen molar-refractivity contribution >= 4 is 12.1 Å². The lowest BCUT2D eigenvalue weighted by Gasteiger charge is -2.22. The predicted octanol–water partition coefficient (Wildman–Crippen LogP) is 3.49. The molecule has 1 aromatic rings. The van der Waals surface area contributed by atoms with Gasteiger partial charge >= 0.3 is 12.1 Å². The van der Waals surface area contributed by atoms with Crippen LogP contribution < -0.4 is 10.1 Å². The molecule has 1 fully saturated rings. The summed E-state index contributed by atoms with van der Waals surface area (Å²) in [5.41, 5.74) is 0.112. The molecule has 9 nitrogen and oxygen atoms in total. The van der Waals surface area contributed by atoms with Gasteiger partial charge in [0.1, 0.15) is 11.4 Å². The van der Waals surface area contributed by atoms with Gasteiger partial charge in [-0.2, -0.15) is 0 Å². The number of benzene rings is 1. The molecule has 1 heterocycles. The van der Waals surface area contributed by atoms with Crippen LogP contribution in [-0.4, -0.2) is 60.5 Å². The van der Waals surface area contributed by atoms with Crippen LogP contribution in [0.2, 0.25) is 0 Å². The van der Waals surface area contributed by atoms with Crippen LogP contribution in [-0.2, 0) is 30.3 Å². The lowest BCUT2D eigenvalue weighted by atomic mass is 10.2. The SMILES string of the molecule is CC(C)(C)OC(=O)N[C@@H](COCc1cccc(OCCCC2COC(C)(C)O2)c1)C(=O)O.